The SMILES string of the molecule is O=C(Cc1nnc(-c2cnc(NC3CCc4ccsc4C3)nc2)o1)N1CCc2[nH]nnc2C1. The van der Waals surface area contributed by atoms with E-state index < -0.39 is 0 Å². The van der Waals surface area contributed by atoms with Crippen LogP contribution >= 0.6 is 11.3 Å². The van der Waals surface area contributed by atoms with Crippen LogP contribution in [0.3, 0.4) is 0 Å². The van der Waals surface area contributed by atoms with Crippen molar-refractivity contribution in [3.63, 3.8) is 0 Å². The van der Waals surface area contributed by atoms with Crippen LogP contribution in [0.25, 0.3) is 11.5 Å². The first-order valence-corrected chi connectivity index (χ1v) is 11.7. The number of carbonyl (C=O) groups excluding carboxylic acids is 1. The zero-order valence-corrected chi connectivity index (χ0v) is 18.5. The Kier molecular flexibility index (Phi) is 5.06. The van der Waals surface area contributed by atoms with Gasteiger partial charge in [0.05, 0.1) is 17.8 Å². The van der Waals surface area contributed by atoms with Crippen LogP contribution in [0.2, 0.25) is 0 Å². The van der Waals surface area contributed by atoms with Crippen molar-refractivity contribution < 1.29 is 9.21 Å². The molecule has 0 fully saturated rings. The molecule has 0 radical (unpaired) electrons. The fourth-order valence-electron chi connectivity index (χ4n) is 4.24. The Labute approximate surface area is 192 Å². The maximum absolute atomic E-state index is 12.6. The fourth-order valence-corrected chi connectivity index (χ4v) is 5.26. The van der Waals surface area contributed by atoms with E-state index in [0.29, 0.717) is 43.0 Å². The average Bonchev–Trinajstić information content (AvgIpc) is 3.59. The predicted molar refractivity (Wildman–Crippen MR) is 118 cm³/mol. The van der Waals surface area contributed by atoms with E-state index in [-0.39, 0.29) is 18.2 Å². The third kappa shape index (κ3) is 4.09. The summed E-state index contributed by atoms with van der Waals surface area (Å²) in [6, 6.07) is 2.54. The number of anilines is 1. The van der Waals surface area contributed by atoms with E-state index in [1.54, 1.807) is 17.3 Å². The number of aryl methyl sites for hydroxylation is 1. The van der Waals surface area contributed by atoms with Crippen molar-refractivity contribution in [2.45, 2.75) is 44.7 Å². The van der Waals surface area contributed by atoms with Crippen LogP contribution in [0, 0.1) is 0 Å². The number of carbonyl (C=O) groups is 1. The lowest BCUT2D eigenvalue weighted by atomic mass is 9.95. The van der Waals surface area contributed by atoms with Gasteiger partial charge in [-0.15, -0.1) is 26.6 Å². The molecular formula is C21H21N9O2S. The molecule has 11 nitrogen and oxygen atoms in total. The number of aromatic amines is 1. The second kappa shape index (κ2) is 8.35. The molecule has 1 unspecified atom stereocenters. The normalized spacial score (nSPS) is 17.5. The minimum Gasteiger partial charge on any atom is -0.420 e. The summed E-state index contributed by atoms with van der Waals surface area (Å²) in [6.45, 7) is 1.04. The summed E-state index contributed by atoms with van der Waals surface area (Å²) in [7, 11) is 0. The largest absolute Gasteiger partial charge is 0.420 e. The van der Waals surface area contributed by atoms with Gasteiger partial charge in [-0.2, -0.15) is 0 Å². The van der Waals surface area contributed by atoms with Crippen molar-refractivity contribution in [2.24, 2.45) is 0 Å². The molecule has 2 N–H and O–H groups in total. The van der Waals surface area contributed by atoms with Crippen molar-refractivity contribution in [1.29, 1.82) is 0 Å². The van der Waals surface area contributed by atoms with Gasteiger partial charge in [0.25, 0.3) is 5.89 Å². The highest BCUT2D eigenvalue weighted by atomic mass is 32.1. The molecule has 33 heavy (non-hydrogen) atoms. The Balaban J connectivity index is 1.07. The molecule has 1 amide bonds. The first-order chi connectivity index (χ1) is 16.2. The topological polar surface area (TPSA) is 139 Å². The van der Waals surface area contributed by atoms with Crippen LogP contribution in [0.15, 0.2) is 28.3 Å². The zero-order chi connectivity index (χ0) is 22.2. The molecule has 0 spiro atoms. The summed E-state index contributed by atoms with van der Waals surface area (Å²) < 4.78 is 5.70. The van der Waals surface area contributed by atoms with Gasteiger partial charge < -0.3 is 14.6 Å². The number of aromatic nitrogens is 7. The molecule has 1 aliphatic heterocycles. The number of nitrogens with zero attached hydrogens (tertiary/aromatic N) is 7. The number of rotatable bonds is 5. The van der Waals surface area contributed by atoms with Gasteiger partial charge in [0, 0.05) is 42.7 Å². The van der Waals surface area contributed by atoms with Gasteiger partial charge in [-0.05, 0) is 29.9 Å². The van der Waals surface area contributed by atoms with E-state index in [1.807, 2.05) is 11.3 Å². The molecule has 2 aliphatic rings. The minimum atomic E-state index is -0.0870. The van der Waals surface area contributed by atoms with Crippen LogP contribution in [-0.2, 0) is 37.0 Å². The lowest BCUT2D eigenvalue weighted by molar-refractivity contribution is -0.131. The van der Waals surface area contributed by atoms with Crippen molar-refractivity contribution in [3.8, 4) is 11.5 Å². The van der Waals surface area contributed by atoms with Crippen molar-refractivity contribution in [1.82, 2.24) is 40.5 Å². The highest BCUT2D eigenvalue weighted by Crippen LogP contribution is 2.27. The quantitative estimate of drug-likeness (QED) is 0.453. The van der Waals surface area contributed by atoms with Crippen LogP contribution < -0.4 is 5.32 Å². The number of hydrogen-bond acceptors (Lipinski definition) is 10. The fraction of sp³-hybridized carbons (Fsp3) is 0.381. The van der Waals surface area contributed by atoms with Gasteiger partial charge in [-0.3, -0.25) is 9.89 Å². The van der Waals surface area contributed by atoms with E-state index in [9.17, 15) is 4.79 Å². The second-order valence-corrected chi connectivity index (χ2v) is 9.23. The van der Waals surface area contributed by atoms with Crippen LogP contribution in [0.1, 0.15) is 34.1 Å². The van der Waals surface area contributed by atoms with Crippen molar-refractivity contribution >= 4 is 23.2 Å². The van der Waals surface area contributed by atoms with Gasteiger partial charge in [0.15, 0.2) is 0 Å². The molecule has 4 aromatic rings. The lowest BCUT2D eigenvalue weighted by Gasteiger charge is -2.25. The number of fused-ring (bicyclic) bond motifs is 2. The molecule has 1 aliphatic carbocycles. The smallest absolute Gasteiger partial charge is 0.250 e. The first kappa shape index (κ1) is 20.0. The molecule has 0 aromatic carbocycles. The highest BCUT2D eigenvalue weighted by molar-refractivity contribution is 7.10. The molecule has 0 saturated heterocycles. The summed E-state index contributed by atoms with van der Waals surface area (Å²) in [5.41, 5.74) is 3.86. The van der Waals surface area contributed by atoms with Crippen LogP contribution in [-0.4, -0.2) is 59.0 Å². The van der Waals surface area contributed by atoms with Crippen LogP contribution in [0.4, 0.5) is 5.95 Å². The molecule has 4 aromatic heterocycles. The molecule has 1 atom stereocenters. The van der Waals surface area contributed by atoms with Crippen molar-refractivity contribution in [3.05, 3.63) is 51.6 Å². The van der Waals surface area contributed by atoms with Crippen LogP contribution in [0.5, 0.6) is 0 Å². The summed E-state index contributed by atoms with van der Waals surface area (Å²) >= 11 is 1.81. The molecule has 168 valence electrons. The van der Waals surface area contributed by atoms with E-state index >= 15 is 0 Å². The van der Waals surface area contributed by atoms with Crippen molar-refractivity contribution in [2.75, 3.05) is 11.9 Å². The molecular weight excluding hydrogens is 442 g/mol. The Hall–Kier alpha value is -3.67. The number of amides is 1. The molecule has 5 heterocycles. The summed E-state index contributed by atoms with van der Waals surface area (Å²) in [6.07, 6.45) is 7.19. The minimum absolute atomic E-state index is 0.0348. The van der Waals surface area contributed by atoms with E-state index in [4.69, 9.17) is 4.42 Å². The van der Waals surface area contributed by atoms with Gasteiger partial charge in [0.2, 0.25) is 17.7 Å². The van der Waals surface area contributed by atoms with Gasteiger partial charge in [-0.25, -0.2) is 9.97 Å². The lowest BCUT2D eigenvalue weighted by Crippen LogP contribution is -2.37. The number of nitrogens with one attached hydrogen (secondary N) is 2. The summed E-state index contributed by atoms with van der Waals surface area (Å²) in [5, 5.41) is 24.3. The molecule has 12 heteroatoms. The predicted octanol–water partition coefficient (Wildman–Crippen LogP) is 1.80. The van der Waals surface area contributed by atoms with E-state index in [2.05, 4.69) is 52.3 Å². The third-order valence-corrected chi connectivity index (χ3v) is 7.05. The standard InChI is InChI=1S/C21H21N9O2S/c31-19(30-5-3-15-16(11-30)26-29-25-15)8-18-27-28-20(32-18)13-9-22-21(23-10-13)24-14-2-1-12-4-6-33-17(12)7-14/h4,6,9-10,14H,1-3,5,7-8,11H2,(H,22,23,24)(H,25,26,29). The highest BCUT2D eigenvalue weighted by Gasteiger charge is 2.25. The molecule has 6 rings (SSSR count). The summed E-state index contributed by atoms with van der Waals surface area (Å²) in [4.78, 5) is 24.6. The second-order valence-electron chi connectivity index (χ2n) is 8.23. The number of thiophene rings is 1. The van der Waals surface area contributed by atoms with Gasteiger partial charge in [-0.1, -0.05) is 5.21 Å². The van der Waals surface area contributed by atoms with E-state index in [1.165, 1.54) is 10.4 Å². The van der Waals surface area contributed by atoms with Gasteiger partial charge in [0.1, 0.15) is 12.1 Å². The summed E-state index contributed by atoms with van der Waals surface area (Å²) in [5.74, 6) is 1.05. The van der Waals surface area contributed by atoms with E-state index in [0.717, 1.165) is 30.7 Å². The Morgan fingerprint density at radius 2 is 2.15 bits per heavy atom. The maximum atomic E-state index is 12.6. The van der Waals surface area contributed by atoms with Gasteiger partial charge >= 0.3 is 0 Å². The maximum Gasteiger partial charge on any atom is 0.250 e. The zero-order valence-electron chi connectivity index (χ0n) is 17.7. The number of hydrogen-bond donors (Lipinski definition) is 2. The molecule has 0 bridgehead atoms. The average molecular weight is 464 g/mol. The Bertz CT molecular complexity index is 1280. The molecule has 0 saturated carbocycles. The Morgan fingerprint density at radius 1 is 1.24 bits per heavy atom. The number of H-pyrrole nitrogens is 1. The monoisotopic (exact) mass is 463 g/mol. The Morgan fingerprint density at radius 3 is 3.06 bits per heavy atom. The third-order valence-electron chi connectivity index (χ3n) is 6.06. The first-order valence-electron chi connectivity index (χ1n) is 10.8.